The highest BCUT2D eigenvalue weighted by atomic mass is 35.5. The zero-order valence-electron chi connectivity index (χ0n) is 22.5. The summed E-state index contributed by atoms with van der Waals surface area (Å²) in [5, 5.41) is 10.9. The molecular weight excluding hydrogens is 554 g/mol. The summed E-state index contributed by atoms with van der Waals surface area (Å²) >= 11 is 7.39. The first-order chi connectivity index (χ1) is 19.7. The number of amides is 2. The summed E-state index contributed by atoms with van der Waals surface area (Å²) in [7, 11) is 0. The Morgan fingerprint density at radius 2 is 1.29 bits per heavy atom. The molecule has 0 unspecified atom stereocenters. The highest BCUT2D eigenvalue weighted by molar-refractivity contribution is 7.18. The molecule has 2 amide bonds. The molecule has 0 saturated heterocycles. The van der Waals surface area contributed by atoms with Crippen molar-refractivity contribution in [2.24, 2.45) is 0 Å². The van der Waals surface area contributed by atoms with Crippen molar-refractivity contribution < 1.29 is 19.5 Å². The number of rotatable bonds is 7. The standard InChI is InChI=1S/C34H26ClNO4S/c1-22-11-15-26(16-12-22)32(37)36(21-24-7-6-10-28(35)19-24,33(38)27-17-13-23(2)14-18-27)29-20-30(41-31(29)34(39)40)25-8-4-3-5-9-25/h3-20H,21H2,1-2H3/p+1. The first kappa shape index (κ1) is 28.2. The van der Waals surface area contributed by atoms with Crippen molar-refractivity contribution in [2.75, 3.05) is 0 Å². The summed E-state index contributed by atoms with van der Waals surface area (Å²) in [5.41, 5.74) is 4.00. The molecule has 5 nitrogen and oxygen atoms in total. The van der Waals surface area contributed by atoms with Crippen LogP contribution < -0.4 is 4.48 Å². The van der Waals surface area contributed by atoms with Crippen molar-refractivity contribution in [3.05, 3.63) is 147 Å². The lowest BCUT2D eigenvalue weighted by atomic mass is 10.0. The lowest BCUT2D eigenvalue weighted by Crippen LogP contribution is -2.58. The van der Waals surface area contributed by atoms with Gasteiger partial charge in [0.1, 0.15) is 6.54 Å². The number of quaternary nitrogens is 1. The molecule has 1 aromatic heterocycles. The van der Waals surface area contributed by atoms with E-state index in [1.54, 1.807) is 78.9 Å². The lowest BCUT2D eigenvalue weighted by Gasteiger charge is -2.33. The fourth-order valence-electron chi connectivity index (χ4n) is 4.84. The molecule has 0 atom stereocenters. The van der Waals surface area contributed by atoms with Crippen LogP contribution in [0, 0.1) is 13.8 Å². The number of carbonyl (C=O) groups excluding carboxylic acids is 2. The Bertz CT molecular complexity index is 1680. The molecule has 1 N–H and O–H groups in total. The highest BCUT2D eigenvalue weighted by Crippen LogP contribution is 2.43. The number of aromatic carboxylic acids is 1. The van der Waals surface area contributed by atoms with E-state index in [0.717, 1.165) is 28.0 Å². The van der Waals surface area contributed by atoms with Gasteiger partial charge in [-0.2, -0.15) is 4.48 Å². The monoisotopic (exact) mass is 580 g/mol. The van der Waals surface area contributed by atoms with E-state index in [-0.39, 0.29) is 17.1 Å². The number of benzene rings is 4. The van der Waals surface area contributed by atoms with Crippen LogP contribution in [0.25, 0.3) is 10.4 Å². The minimum Gasteiger partial charge on any atom is -0.477 e. The lowest BCUT2D eigenvalue weighted by molar-refractivity contribution is 0.0608. The van der Waals surface area contributed by atoms with E-state index in [1.165, 1.54) is 0 Å². The average Bonchev–Trinajstić information content (AvgIpc) is 3.43. The predicted molar refractivity (Wildman–Crippen MR) is 165 cm³/mol. The van der Waals surface area contributed by atoms with Gasteiger partial charge in [-0.15, -0.1) is 11.3 Å². The van der Waals surface area contributed by atoms with Crippen LogP contribution in [-0.2, 0) is 6.54 Å². The van der Waals surface area contributed by atoms with Crippen LogP contribution in [0.2, 0.25) is 5.02 Å². The summed E-state index contributed by atoms with van der Waals surface area (Å²) in [6.45, 7) is 3.69. The zero-order valence-corrected chi connectivity index (χ0v) is 24.1. The van der Waals surface area contributed by atoms with E-state index in [0.29, 0.717) is 26.6 Å². The van der Waals surface area contributed by atoms with Gasteiger partial charge in [0, 0.05) is 21.5 Å². The van der Waals surface area contributed by atoms with Crippen molar-refractivity contribution in [3.8, 4) is 10.4 Å². The Balaban J connectivity index is 1.86. The van der Waals surface area contributed by atoms with Gasteiger partial charge < -0.3 is 5.11 Å². The number of carboxylic acids is 1. The largest absolute Gasteiger partial charge is 0.477 e. The second-order valence-corrected chi connectivity index (χ2v) is 11.4. The summed E-state index contributed by atoms with van der Waals surface area (Å²) in [4.78, 5) is 42.9. The van der Waals surface area contributed by atoms with Crippen LogP contribution in [0.3, 0.4) is 0 Å². The molecule has 0 aliphatic heterocycles. The first-order valence-corrected chi connectivity index (χ1v) is 14.2. The fourth-order valence-corrected chi connectivity index (χ4v) is 6.11. The maximum absolute atomic E-state index is 14.8. The second kappa shape index (κ2) is 11.6. The van der Waals surface area contributed by atoms with Crippen molar-refractivity contribution >= 4 is 46.4 Å². The molecule has 0 spiro atoms. The second-order valence-electron chi connectivity index (χ2n) is 9.94. The Labute approximate surface area is 247 Å². The number of hydrogen-bond donors (Lipinski definition) is 1. The van der Waals surface area contributed by atoms with Crippen LogP contribution in [0.5, 0.6) is 0 Å². The van der Waals surface area contributed by atoms with Crippen molar-refractivity contribution in [1.82, 2.24) is 4.48 Å². The SMILES string of the molecule is Cc1ccc(C(=O)[N+](Cc2cccc(Cl)c2)(C(=O)c2ccc(C)cc2)c2cc(-c3ccccc3)sc2C(=O)O)cc1. The zero-order chi connectivity index (χ0) is 29.1. The van der Waals surface area contributed by atoms with Crippen LogP contribution in [-0.4, -0.2) is 22.9 Å². The Kier molecular flexibility index (Phi) is 7.99. The van der Waals surface area contributed by atoms with E-state index in [9.17, 15) is 19.5 Å². The third-order valence-electron chi connectivity index (χ3n) is 6.98. The molecule has 4 aromatic carbocycles. The fraction of sp³-hybridized carbons (Fsp3) is 0.0882. The first-order valence-electron chi connectivity index (χ1n) is 13.0. The number of thiophene rings is 1. The molecule has 41 heavy (non-hydrogen) atoms. The van der Waals surface area contributed by atoms with Gasteiger partial charge in [0.15, 0.2) is 10.6 Å². The highest BCUT2D eigenvalue weighted by Gasteiger charge is 2.51. The summed E-state index contributed by atoms with van der Waals surface area (Å²) in [6, 6.07) is 31.9. The summed E-state index contributed by atoms with van der Waals surface area (Å²) in [5.74, 6) is -2.28. The molecule has 1 heterocycles. The van der Waals surface area contributed by atoms with Gasteiger partial charge in [-0.05, 0) is 55.8 Å². The number of carboxylic acid groups (broad SMARTS) is 1. The Morgan fingerprint density at radius 3 is 1.80 bits per heavy atom. The number of nitrogens with zero attached hydrogens (tertiary/aromatic N) is 1. The van der Waals surface area contributed by atoms with Crippen LogP contribution in [0.15, 0.2) is 109 Å². The minimum atomic E-state index is -1.21. The van der Waals surface area contributed by atoms with Gasteiger partial charge in [-0.1, -0.05) is 89.5 Å². The number of hydrogen-bond acceptors (Lipinski definition) is 4. The minimum absolute atomic E-state index is 0.0770. The summed E-state index contributed by atoms with van der Waals surface area (Å²) < 4.78 is -0.891. The number of halogens is 1. The molecule has 7 heteroatoms. The molecule has 0 bridgehead atoms. The van der Waals surface area contributed by atoms with Gasteiger partial charge in [-0.25, -0.2) is 14.4 Å². The van der Waals surface area contributed by atoms with E-state index >= 15 is 0 Å². The van der Waals surface area contributed by atoms with Gasteiger partial charge in [0.25, 0.3) is 0 Å². The quantitative estimate of drug-likeness (QED) is 0.155. The van der Waals surface area contributed by atoms with Gasteiger partial charge in [0.05, 0.1) is 11.1 Å². The maximum Gasteiger partial charge on any atom is 0.358 e. The van der Waals surface area contributed by atoms with E-state index in [4.69, 9.17) is 11.6 Å². The predicted octanol–water partition coefficient (Wildman–Crippen LogP) is 8.57. The smallest absolute Gasteiger partial charge is 0.358 e. The van der Waals surface area contributed by atoms with Gasteiger partial charge in [-0.3, -0.25) is 0 Å². The number of aryl methyl sites for hydroxylation is 2. The van der Waals surface area contributed by atoms with Crippen LogP contribution in [0.1, 0.15) is 47.1 Å². The summed E-state index contributed by atoms with van der Waals surface area (Å²) in [6.07, 6.45) is 0. The topological polar surface area (TPSA) is 71.4 Å². The molecule has 5 aromatic rings. The van der Waals surface area contributed by atoms with Crippen molar-refractivity contribution in [1.29, 1.82) is 0 Å². The number of imide groups is 1. The van der Waals surface area contributed by atoms with Crippen molar-refractivity contribution in [2.45, 2.75) is 20.4 Å². The van der Waals surface area contributed by atoms with Crippen LogP contribution in [0.4, 0.5) is 5.69 Å². The molecule has 0 aliphatic rings. The van der Waals surface area contributed by atoms with E-state index < -0.39 is 22.3 Å². The normalized spacial score (nSPS) is 11.3. The molecule has 204 valence electrons. The van der Waals surface area contributed by atoms with E-state index in [1.807, 2.05) is 44.2 Å². The average molecular weight is 581 g/mol. The van der Waals surface area contributed by atoms with E-state index in [2.05, 4.69) is 0 Å². The maximum atomic E-state index is 14.8. The van der Waals surface area contributed by atoms with Crippen LogP contribution >= 0.6 is 22.9 Å². The Hall–Kier alpha value is -4.36. The van der Waals surface area contributed by atoms with Gasteiger partial charge >= 0.3 is 17.8 Å². The third-order valence-corrected chi connectivity index (χ3v) is 8.37. The van der Waals surface area contributed by atoms with Gasteiger partial charge in [0.2, 0.25) is 0 Å². The molecule has 0 fully saturated rings. The molecular formula is C34H27ClNO4S+. The molecule has 0 saturated carbocycles. The van der Waals surface area contributed by atoms with Crippen molar-refractivity contribution in [3.63, 3.8) is 0 Å². The molecule has 0 aliphatic carbocycles. The molecule has 0 radical (unpaired) electrons. The Morgan fingerprint density at radius 1 is 0.732 bits per heavy atom. The number of carbonyl (C=O) groups is 3. The molecule has 5 rings (SSSR count). The third kappa shape index (κ3) is 5.63.